The first-order chi connectivity index (χ1) is 17.0. The third-order valence-electron chi connectivity index (χ3n) is 3.93. The Morgan fingerprint density at radius 1 is 1.03 bits per heavy atom. The number of alkyl halides is 6. The van der Waals surface area contributed by atoms with Gasteiger partial charge in [0.15, 0.2) is 5.96 Å². The molecule has 0 aliphatic carbocycles. The number of aliphatic imine (C=N–C) groups is 1. The van der Waals surface area contributed by atoms with Crippen LogP contribution >= 0.6 is 0 Å². The number of nitrogens with zero attached hydrogens (tertiary/aromatic N) is 2. The van der Waals surface area contributed by atoms with Crippen LogP contribution in [0.25, 0.3) is 0 Å². The van der Waals surface area contributed by atoms with Crippen LogP contribution in [-0.2, 0) is 9.59 Å². The average Bonchev–Trinajstić information content (AvgIpc) is 2.78. The summed E-state index contributed by atoms with van der Waals surface area (Å²) >= 11 is 0. The van der Waals surface area contributed by atoms with Gasteiger partial charge < -0.3 is 30.9 Å². The molecule has 0 bridgehead atoms. The normalized spacial score (nSPS) is 11.5. The zero-order valence-corrected chi connectivity index (χ0v) is 21.0. The molecule has 9 nitrogen and oxygen atoms in total. The van der Waals surface area contributed by atoms with Crippen LogP contribution in [0.3, 0.4) is 0 Å². The van der Waals surface area contributed by atoms with Gasteiger partial charge in [0, 0.05) is 19.1 Å². The first-order valence-corrected chi connectivity index (χ1v) is 11.1. The fourth-order valence-electron chi connectivity index (χ4n) is 2.23. The lowest BCUT2D eigenvalue weighted by Gasteiger charge is -2.29. The van der Waals surface area contributed by atoms with Crippen molar-refractivity contribution < 1.29 is 50.9 Å². The third-order valence-corrected chi connectivity index (χ3v) is 3.93. The zero-order chi connectivity index (χ0) is 29.2. The van der Waals surface area contributed by atoms with Gasteiger partial charge in [-0.2, -0.15) is 26.3 Å². The van der Waals surface area contributed by atoms with Gasteiger partial charge in [-0.15, -0.1) is 0 Å². The Balaban J connectivity index is 0. The van der Waals surface area contributed by atoms with E-state index in [0.717, 1.165) is 49.9 Å². The zero-order valence-electron chi connectivity index (χ0n) is 21.0. The van der Waals surface area contributed by atoms with Crippen LogP contribution in [-0.4, -0.2) is 77.6 Å². The summed E-state index contributed by atoms with van der Waals surface area (Å²) in [6.45, 7) is 11.7. The predicted octanol–water partition coefficient (Wildman–Crippen LogP) is 4.40. The SMILES string of the molecule is CCCOc1ccc(/N=C(/NCCCN)N(CC)C(C)C)cc1.O=C(O)C(F)(F)F.O=C(O)C(F)(F)F. The Hall–Kier alpha value is -3.23. The first kappa shape index (κ1) is 35.9. The second-order valence-corrected chi connectivity index (χ2v) is 7.33. The number of ether oxygens (including phenoxy) is 1. The molecule has 0 aliphatic rings. The van der Waals surface area contributed by atoms with Crippen molar-refractivity contribution in [3.63, 3.8) is 0 Å². The van der Waals surface area contributed by atoms with Crippen molar-refractivity contribution in [1.29, 1.82) is 0 Å². The molecule has 37 heavy (non-hydrogen) atoms. The van der Waals surface area contributed by atoms with E-state index >= 15 is 0 Å². The summed E-state index contributed by atoms with van der Waals surface area (Å²) in [5.41, 5.74) is 6.50. The maximum atomic E-state index is 10.6. The van der Waals surface area contributed by atoms with Gasteiger partial charge in [0.05, 0.1) is 12.3 Å². The van der Waals surface area contributed by atoms with E-state index in [4.69, 9.17) is 35.3 Å². The Morgan fingerprint density at radius 2 is 1.49 bits per heavy atom. The number of carboxylic acid groups (broad SMARTS) is 2. The predicted molar refractivity (Wildman–Crippen MR) is 126 cm³/mol. The number of benzene rings is 1. The van der Waals surface area contributed by atoms with Gasteiger partial charge in [0.2, 0.25) is 0 Å². The highest BCUT2D eigenvalue weighted by Crippen LogP contribution is 2.19. The fourth-order valence-corrected chi connectivity index (χ4v) is 2.23. The van der Waals surface area contributed by atoms with Crippen LogP contribution in [0, 0.1) is 0 Å². The minimum absolute atomic E-state index is 0.385. The van der Waals surface area contributed by atoms with E-state index in [1.54, 1.807) is 0 Å². The molecule has 0 aliphatic heterocycles. The number of carbonyl (C=O) groups is 2. The summed E-state index contributed by atoms with van der Waals surface area (Å²) in [5.74, 6) is -3.72. The number of hydrogen-bond acceptors (Lipinski definition) is 5. The van der Waals surface area contributed by atoms with Gasteiger partial charge in [-0.25, -0.2) is 14.6 Å². The molecule has 0 atom stereocenters. The summed E-state index contributed by atoms with van der Waals surface area (Å²) in [5, 5.41) is 17.7. The molecule has 1 aromatic carbocycles. The molecular weight excluding hydrogens is 514 g/mol. The van der Waals surface area contributed by atoms with Gasteiger partial charge in [0.25, 0.3) is 0 Å². The van der Waals surface area contributed by atoms with E-state index in [9.17, 15) is 26.3 Å². The summed E-state index contributed by atoms with van der Waals surface area (Å²) < 4.78 is 69.1. The number of nitrogens with two attached hydrogens (primary N) is 1. The number of aliphatic carboxylic acids is 2. The molecular formula is C22H34F6N4O5. The van der Waals surface area contributed by atoms with Gasteiger partial charge in [-0.1, -0.05) is 6.92 Å². The largest absolute Gasteiger partial charge is 0.494 e. The van der Waals surface area contributed by atoms with Crippen molar-refractivity contribution in [2.45, 2.75) is 58.9 Å². The number of guanidine groups is 1. The molecule has 5 N–H and O–H groups in total. The minimum atomic E-state index is -5.08. The molecule has 0 aromatic heterocycles. The van der Waals surface area contributed by atoms with Crippen LogP contribution in [0.15, 0.2) is 29.3 Å². The smallest absolute Gasteiger partial charge is 0.490 e. The summed E-state index contributed by atoms with van der Waals surface area (Å²) in [6, 6.07) is 8.30. The highest BCUT2D eigenvalue weighted by atomic mass is 19.4. The van der Waals surface area contributed by atoms with Crippen molar-refractivity contribution in [3.8, 4) is 5.75 Å². The van der Waals surface area contributed by atoms with E-state index in [-0.39, 0.29) is 0 Å². The molecule has 0 saturated carbocycles. The van der Waals surface area contributed by atoms with E-state index in [1.807, 2.05) is 24.3 Å². The molecule has 0 fully saturated rings. The first-order valence-electron chi connectivity index (χ1n) is 11.1. The van der Waals surface area contributed by atoms with Gasteiger partial charge in [-0.3, -0.25) is 0 Å². The lowest BCUT2D eigenvalue weighted by Crippen LogP contribution is -2.45. The molecule has 214 valence electrons. The van der Waals surface area contributed by atoms with Crippen molar-refractivity contribution in [2.75, 3.05) is 26.2 Å². The van der Waals surface area contributed by atoms with E-state index in [2.05, 4.69) is 37.9 Å². The monoisotopic (exact) mass is 548 g/mol. The molecule has 0 radical (unpaired) electrons. The second-order valence-electron chi connectivity index (χ2n) is 7.33. The quantitative estimate of drug-likeness (QED) is 0.154. The molecule has 0 amide bonds. The lowest BCUT2D eigenvalue weighted by molar-refractivity contribution is -0.193. The van der Waals surface area contributed by atoms with Crippen LogP contribution < -0.4 is 15.8 Å². The van der Waals surface area contributed by atoms with Gasteiger partial charge in [-0.05, 0) is 64.4 Å². The number of halogens is 6. The number of hydrogen-bond donors (Lipinski definition) is 4. The fraction of sp³-hybridized carbons (Fsp3) is 0.591. The van der Waals surface area contributed by atoms with E-state index in [0.29, 0.717) is 12.6 Å². The summed E-state index contributed by atoms with van der Waals surface area (Å²) in [6.07, 6.45) is -8.23. The molecule has 15 heteroatoms. The van der Waals surface area contributed by atoms with Crippen molar-refractivity contribution in [1.82, 2.24) is 10.2 Å². The third kappa shape index (κ3) is 17.8. The minimum Gasteiger partial charge on any atom is -0.494 e. The van der Waals surface area contributed by atoms with E-state index < -0.39 is 24.3 Å². The Bertz CT molecular complexity index is 791. The van der Waals surface area contributed by atoms with Crippen molar-refractivity contribution >= 4 is 23.6 Å². The van der Waals surface area contributed by atoms with Gasteiger partial charge in [0.1, 0.15) is 5.75 Å². The number of rotatable bonds is 9. The molecule has 0 unspecified atom stereocenters. The molecule has 0 saturated heterocycles. The van der Waals surface area contributed by atoms with Crippen molar-refractivity contribution in [3.05, 3.63) is 24.3 Å². The molecule has 1 aromatic rings. The van der Waals surface area contributed by atoms with Crippen LogP contribution in [0.1, 0.15) is 40.5 Å². The average molecular weight is 549 g/mol. The molecule has 0 spiro atoms. The molecule has 1 rings (SSSR count). The maximum Gasteiger partial charge on any atom is 0.490 e. The topological polar surface area (TPSA) is 137 Å². The molecule has 0 heterocycles. The van der Waals surface area contributed by atoms with Crippen LogP contribution in [0.5, 0.6) is 5.75 Å². The van der Waals surface area contributed by atoms with Crippen molar-refractivity contribution in [2.24, 2.45) is 10.7 Å². The standard InChI is InChI=1S/C18H32N4O.2C2HF3O2/c1-5-14-23-17-10-8-16(9-11-17)21-18(20-13-7-12-19)22(6-2)15(3)4;2*3-2(4,5)1(6)7/h8-11,15H,5-7,12-14,19H2,1-4H3,(H,20,21);2*(H,6,7). The Morgan fingerprint density at radius 3 is 1.81 bits per heavy atom. The Labute approximate surface area is 211 Å². The summed E-state index contributed by atoms with van der Waals surface area (Å²) in [4.78, 5) is 24.8. The Kier molecular flexibility index (Phi) is 17.6. The highest BCUT2D eigenvalue weighted by molar-refractivity contribution is 5.83. The number of carboxylic acids is 2. The summed E-state index contributed by atoms with van der Waals surface area (Å²) in [7, 11) is 0. The van der Waals surface area contributed by atoms with Crippen LogP contribution in [0.4, 0.5) is 32.0 Å². The second kappa shape index (κ2) is 18.1. The van der Waals surface area contributed by atoms with Crippen LogP contribution in [0.2, 0.25) is 0 Å². The maximum absolute atomic E-state index is 10.6. The highest BCUT2D eigenvalue weighted by Gasteiger charge is 2.38. The van der Waals surface area contributed by atoms with E-state index in [1.165, 1.54) is 0 Å². The number of nitrogens with one attached hydrogen (secondary N) is 1. The lowest BCUT2D eigenvalue weighted by atomic mass is 10.3. The van der Waals surface area contributed by atoms with Gasteiger partial charge >= 0.3 is 24.3 Å².